The standard InChI is InChI=1S/C9H20O4S3/c1-11-7(12-2)8(10,13-3)9(14-4,15-5)16-6/h7,10H,1-6H3. The third-order valence-corrected chi connectivity index (χ3v) is 7.79. The molecule has 98 valence electrons. The smallest absolute Gasteiger partial charge is 0.252 e. The van der Waals surface area contributed by atoms with Crippen molar-refractivity contribution in [1.29, 1.82) is 0 Å². The third-order valence-electron chi connectivity index (χ3n) is 2.30. The molecule has 1 unspecified atom stereocenters. The molecule has 0 saturated carbocycles. The number of ether oxygens (including phenoxy) is 3. The van der Waals surface area contributed by atoms with Crippen LogP contribution in [0.1, 0.15) is 0 Å². The highest BCUT2D eigenvalue weighted by molar-refractivity contribution is 8.33. The number of thioether (sulfide) groups is 3. The van der Waals surface area contributed by atoms with Crippen LogP contribution in [0.3, 0.4) is 0 Å². The van der Waals surface area contributed by atoms with Gasteiger partial charge in [-0.15, -0.1) is 35.3 Å². The summed E-state index contributed by atoms with van der Waals surface area (Å²) in [4.78, 5) is 0. The second kappa shape index (κ2) is 7.35. The molecule has 0 saturated heterocycles. The van der Waals surface area contributed by atoms with Gasteiger partial charge in [0.15, 0.2) is 3.41 Å². The zero-order valence-corrected chi connectivity index (χ0v) is 12.9. The summed E-state index contributed by atoms with van der Waals surface area (Å²) in [5.41, 5.74) is 0. The van der Waals surface area contributed by atoms with Gasteiger partial charge in [-0.3, -0.25) is 0 Å². The normalized spacial score (nSPS) is 16.5. The summed E-state index contributed by atoms with van der Waals surface area (Å²) in [6.07, 6.45) is 4.91. The lowest BCUT2D eigenvalue weighted by Crippen LogP contribution is -2.58. The molecule has 0 radical (unpaired) electrons. The van der Waals surface area contributed by atoms with Crippen molar-refractivity contribution >= 4 is 35.3 Å². The van der Waals surface area contributed by atoms with E-state index in [1.807, 2.05) is 18.8 Å². The zero-order chi connectivity index (χ0) is 12.8. The van der Waals surface area contributed by atoms with E-state index in [0.29, 0.717) is 0 Å². The van der Waals surface area contributed by atoms with Gasteiger partial charge in [0.2, 0.25) is 6.29 Å². The molecule has 0 aliphatic heterocycles. The molecular formula is C9H20O4S3. The Morgan fingerprint density at radius 3 is 1.50 bits per heavy atom. The molecule has 0 rings (SSSR count). The maximum Gasteiger partial charge on any atom is 0.252 e. The van der Waals surface area contributed by atoms with Crippen molar-refractivity contribution < 1.29 is 19.3 Å². The van der Waals surface area contributed by atoms with E-state index in [1.54, 1.807) is 0 Å². The highest BCUT2D eigenvalue weighted by atomic mass is 32.3. The predicted molar refractivity (Wildman–Crippen MR) is 73.0 cm³/mol. The number of rotatable bonds is 8. The van der Waals surface area contributed by atoms with Gasteiger partial charge in [0.25, 0.3) is 5.79 Å². The van der Waals surface area contributed by atoms with Crippen LogP contribution in [0.25, 0.3) is 0 Å². The van der Waals surface area contributed by atoms with Crippen LogP contribution in [0.15, 0.2) is 0 Å². The molecule has 0 fully saturated rings. The van der Waals surface area contributed by atoms with Gasteiger partial charge >= 0.3 is 0 Å². The van der Waals surface area contributed by atoms with Crippen LogP contribution in [-0.2, 0) is 14.2 Å². The van der Waals surface area contributed by atoms with E-state index in [0.717, 1.165) is 0 Å². The minimum atomic E-state index is -1.53. The van der Waals surface area contributed by atoms with Gasteiger partial charge in [0, 0.05) is 21.3 Å². The maximum absolute atomic E-state index is 10.7. The molecule has 1 atom stereocenters. The first-order valence-corrected chi connectivity index (χ1v) is 8.17. The van der Waals surface area contributed by atoms with Gasteiger partial charge < -0.3 is 19.3 Å². The molecule has 4 nitrogen and oxygen atoms in total. The fourth-order valence-corrected chi connectivity index (χ4v) is 4.89. The van der Waals surface area contributed by atoms with E-state index < -0.39 is 15.5 Å². The largest absolute Gasteiger partial charge is 0.359 e. The Kier molecular flexibility index (Phi) is 7.76. The first-order valence-electron chi connectivity index (χ1n) is 4.50. The molecule has 0 aromatic heterocycles. The summed E-state index contributed by atoms with van der Waals surface area (Å²) in [5.74, 6) is -1.53. The van der Waals surface area contributed by atoms with Crippen molar-refractivity contribution in [1.82, 2.24) is 0 Å². The molecule has 16 heavy (non-hydrogen) atoms. The average molecular weight is 288 g/mol. The summed E-state index contributed by atoms with van der Waals surface area (Å²) in [6.45, 7) is 0. The Balaban J connectivity index is 5.31. The Morgan fingerprint density at radius 2 is 1.31 bits per heavy atom. The zero-order valence-electron chi connectivity index (χ0n) is 10.5. The summed E-state index contributed by atoms with van der Waals surface area (Å²) in [6, 6.07) is 0. The molecule has 0 bridgehead atoms. The molecule has 0 aromatic rings. The number of methoxy groups -OCH3 is 3. The van der Waals surface area contributed by atoms with Gasteiger partial charge in [0.1, 0.15) is 0 Å². The van der Waals surface area contributed by atoms with E-state index >= 15 is 0 Å². The quantitative estimate of drug-likeness (QED) is 0.682. The summed E-state index contributed by atoms with van der Waals surface area (Å²) < 4.78 is 14.9. The fraction of sp³-hybridized carbons (Fsp3) is 1.00. The minimum absolute atomic E-state index is 0.613. The molecular weight excluding hydrogens is 268 g/mol. The average Bonchev–Trinajstić information content (AvgIpc) is 2.33. The Bertz CT molecular complexity index is 189. The van der Waals surface area contributed by atoms with Crippen molar-refractivity contribution in [3.8, 4) is 0 Å². The SMILES string of the molecule is COC(OC)C(O)(OC)C(SC)(SC)SC. The van der Waals surface area contributed by atoms with Gasteiger partial charge in [-0.2, -0.15) is 0 Å². The monoisotopic (exact) mass is 288 g/mol. The summed E-state index contributed by atoms with van der Waals surface area (Å²) in [7, 11) is 4.40. The van der Waals surface area contributed by atoms with Crippen LogP contribution in [0, 0.1) is 0 Å². The van der Waals surface area contributed by atoms with Gasteiger partial charge in [0.05, 0.1) is 0 Å². The Morgan fingerprint density at radius 1 is 0.938 bits per heavy atom. The molecule has 7 heteroatoms. The predicted octanol–water partition coefficient (Wildman–Crippen LogP) is 1.68. The molecule has 1 N–H and O–H groups in total. The van der Waals surface area contributed by atoms with Crippen LogP contribution in [0.4, 0.5) is 0 Å². The van der Waals surface area contributed by atoms with Crippen molar-refractivity contribution in [2.75, 3.05) is 40.1 Å². The molecule has 0 heterocycles. The van der Waals surface area contributed by atoms with Crippen molar-refractivity contribution in [3.05, 3.63) is 0 Å². The number of hydrogen-bond acceptors (Lipinski definition) is 7. The second-order valence-corrected chi connectivity index (χ2v) is 6.71. The van der Waals surface area contributed by atoms with Crippen LogP contribution in [-0.4, -0.2) is 60.7 Å². The van der Waals surface area contributed by atoms with E-state index in [1.165, 1.54) is 56.6 Å². The fourth-order valence-electron chi connectivity index (χ4n) is 1.47. The molecule has 0 amide bonds. The number of hydrogen-bond donors (Lipinski definition) is 1. The lowest BCUT2D eigenvalue weighted by molar-refractivity contribution is -0.311. The second-order valence-electron chi connectivity index (χ2n) is 2.87. The Labute approximate surface area is 110 Å². The highest BCUT2D eigenvalue weighted by Gasteiger charge is 2.57. The highest BCUT2D eigenvalue weighted by Crippen LogP contribution is 2.53. The van der Waals surface area contributed by atoms with Crippen molar-refractivity contribution in [3.63, 3.8) is 0 Å². The molecule has 0 aromatic carbocycles. The van der Waals surface area contributed by atoms with Crippen molar-refractivity contribution in [2.24, 2.45) is 0 Å². The van der Waals surface area contributed by atoms with Crippen LogP contribution in [0.2, 0.25) is 0 Å². The lowest BCUT2D eigenvalue weighted by Gasteiger charge is -2.45. The summed E-state index contributed by atoms with van der Waals surface area (Å²) in [5, 5.41) is 10.7. The van der Waals surface area contributed by atoms with E-state index in [4.69, 9.17) is 14.2 Å². The first-order chi connectivity index (χ1) is 7.51. The van der Waals surface area contributed by atoms with Gasteiger partial charge in [-0.1, -0.05) is 0 Å². The van der Waals surface area contributed by atoms with Crippen molar-refractivity contribution in [2.45, 2.75) is 15.5 Å². The summed E-state index contributed by atoms with van der Waals surface area (Å²) >= 11 is 4.50. The Hall–Kier alpha value is 0.890. The molecule has 0 spiro atoms. The topological polar surface area (TPSA) is 47.9 Å². The number of aliphatic hydroxyl groups is 1. The minimum Gasteiger partial charge on any atom is -0.359 e. The molecule has 0 aliphatic rings. The van der Waals surface area contributed by atoms with E-state index in [9.17, 15) is 5.11 Å². The first kappa shape index (κ1) is 16.9. The van der Waals surface area contributed by atoms with Gasteiger partial charge in [-0.25, -0.2) is 0 Å². The lowest BCUT2D eigenvalue weighted by atomic mass is 10.3. The van der Waals surface area contributed by atoms with E-state index in [2.05, 4.69) is 0 Å². The third kappa shape index (κ3) is 2.82. The van der Waals surface area contributed by atoms with E-state index in [-0.39, 0.29) is 0 Å². The van der Waals surface area contributed by atoms with Crippen LogP contribution >= 0.6 is 35.3 Å². The van der Waals surface area contributed by atoms with Gasteiger partial charge in [-0.05, 0) is 18.8 Å². The molecule has 0 aliphatic carbocycles. The van der Waals surface area contributed by atoms with Crippen LogP contribution < -0.4 is 0 Å². The maximum atomic E-state index is 10.7. The van der Waals surface area contributed by atoms with Crippen LogP contribution in [0.5, 0.6) is 0 Å².